The van der Waals surface area contributed by atoms with Crippen molar-refractivity contribution in [3.8, 4) is 0 Å². The smallest absolute Gasteiger partial charge is 0.343 e. The fraction of sp³-hybridized carbons (Fsp3) is 0.200. The van der Waals surface area contributed by atoms with E-state index in [9.17, 15) is 18.0 Å². The van der Waals surface area contributed by atoms with Crippen molar-refractivity contribution in [1.29, 1.82) is 0 Å². The van der Waals surface area contributed by atoms with Crippen molar-refractivity contribution >= 4 is 27.5 Å². The molecule has 0 atom stereocenters. The number of ether oxygens (including phenoxy) is 1. The summed E-state index contributed by atoms with van der Waals surface area (Å²) >= 11 is 0. The Hall–Kier alpha value is -2.93. The van der Waals surface area contributed by atoms with Gasteiger partial charge in [-0.3, -0.25) is 9.10 Å². The number of Topliss-reactive ketones (excluding diaryl/α,β-unsaturated/α-hetero) is 1. The van der Waals surface area contributed by atoms with Gasteiger partial charge in [-0.25, -0.2) is 13.2 Å². The highest BCUT2D eigenvalue weighted by molar-refractivity contribution is 7.89. The minimum absolute atomic E-state index is 0.0133. The Morgan fingerprint density at radius 3 is 2.26 bits per heavy atom. The van der Waals surface area contributed by atoms with Gasteiger partial charge in [-0.2, -0.15) is 0 Å². The first-order chi connectivity index (χ1) is 12.9. The average Bonchev–Trinajstić information content (AvgIpc) is 2.66. The van der Waals surface area contributed by atoms with Crippen molar-refractivity contribution in [3.05, 3.63) is 71.4 Å². The molecular formula is C20H19NO5S. The number of carbonyl (C=O) groups excluding carboxylic acids is 2. The fourth-order valence-corrected chi connectivity index (χ4v) is 4.76. The lowest BCUT2D eigenvalue weighted by Crippen LogP contribution is -2.38. The van der Waals surface area contributed by atoms with E-state index >= 15 is 0 Å². The van der Waals surface area contributed by atoms with Crippen LogP contribution in [0.15, 0.2) is 65.2 Å². The van der Waals surface area contributed by atoms with E-state index in [1.165, 1.54) is 19.1 Å². The summed E-state index contributed by atoms with van der Waals surface area (Å²) in [6.45, 7) is 3.18. The van der Waals surface area contributed by atoms with E-state index in [2.05, 4.69) is 0 Å². The molecule has 0 aromatic heterocycles. The lowest BCUT2D eigenvalue weighted by Gasteiger charge is -2.32. The van der Waals surface area contributed by atoms with Crippen molar-refractivity contribution in [2.24, 2.45) is 0 Å². The third-order valence-corrected chi connectivity index (χ3v) is 5.99. The number of rotatable bonds is 5. The number of esters is 1. The van der Waals surface area contributed by atoms with Crippen LogP contribution in [-0.2, 0) is 19.6 Å². The van der Waals surface area contributed by atoms with Crippen molar-refractivity contribution in [2.75, 3.05) is 6.54 Å². The summed E-state index contributed by atoms with van der Waals surface area (Å²) in [4.78, 5) is 24.9. The lowest BCUT2D eigenvalue weighted by atomic mass is 10.1. The molecular weight excluding hydrogens is 366 g/mol. The fourth-order valence-electron chi connectivity index (χ4n) is 2.96. The molecule has 0 amide bonds. The lowest BCUT2D eigenvalue weighted by molar-refractivity contribution is -0.114. The van der Waals surface area contributed by atoms with Crippen LogP contribution in [0.3, 0.4) is 0 Å². The van der Waals surface area contributed by atoms with Crippen LogP contribution in [0.1, 0.15) is 36.2 Å². The molecule has 6 nitrogen and oxygen atoms in total. The maximum Gasteiger partial charge on any atom is 0.343 e. The second-order valence-corrected chi connectivity index (χ2v) is 7.89. The molecule has 1 aliphatic heterocycles. The molecule has 2 aromatic rings. The third kappa shape index (κ3) is 3.38. The maximum absolute atomic E-state index is 13.0. The summed E-state index contributed by atoms with van der Waals surface area (Å²) in [7, 11) is -3.91. The zero-order chi connectivity index (χ0) is 19.6. The summed E-state index contributed by atoms with van der Waals surface area (Å²) < 4.78 is 32.6. The van der Waals surface area contributed by atoms with Crippen LogP contribution in [0.2, 0.25) is 0 Å². The Balaban J connectivity index is 2.21. The van der Waals surface area contributed by atoms with Gasteiger partial charge in [0.1, 0.15) is 5.70 Å². The predicted octanol–water partition coefficient (Wildman–Crippen LogP) is 3.22. The second kappa shape index (κ2) is 7.36. The van der Waals surface area contributed by atoms with Crippen LogP contribution >= 0.6 is 0 Å². The molecule has 0 radical (unpaired) electrons. The number of hydrogen-bond acceptors (Lipinski definition) is 5. The Morgan fingerprint density at radius 2 is 1.63 bits per heavy atom. The van der Waals surface area contributed by atoms with Gasteiger partial charge in [0.2, 0.25) is 0 Å². The quantitative estimate of drug-likeness (QED) is 0.738. The highest BCUT2D eigenvalue weighted by atomic mass is 32.2. The maximum atomic E-state index is 13.0. The largest absolute Gasteiger partial charge is 0.420 e. The van der Waals surface area contributed by atoms with E-state index in [-0.39, 0.29) is 28.5 Å². The molecule has 0 fully saturated rings. The van der Waals surface area contributed by atoms with E-state index in [4.69, 9.17) is 4.74 Å². The van der Waals surface area contributed by atoms with Gasteiger partial charge < -0.3 is 4.74 Å². The van der Waals surface area contributed by atoms with Gasteiger partial charge in [0.15, 0.2) is 11.5 Å². The standard InChI is InChI=1S/C20H19NO5S/c1-3-13-21-18(14(2)22)19(26-20(23)15-9-5-4-6-10-15)16-11-7-8-12-17(16)27(21,24)25/h4-12H,3,13H2,1-2H3. The van der Waals surface area contributed by atoms with Gasteiger partial charge >= 0.3 is 5.97 Å². The number of carbonyl (C=O) groups is 2. The van der Waals surface area contributed by atoms with Crippen molar-refractivity contribution in [1.82, 2.24) is 4.31 Å². The molecule has 0 spiro atoms. The number of benzene rings is 2. The van der Waals surface area contributed by atoms with E-state index in [0.717, 1.165) is 4.31 Å². The summed E-state index contributed by atoms with van der Waals surface area (Å²) in [5, 5.41) is 0. The van der Waals surface area contributed by atoms with Crippen LogP contribution in [0.4, 0.5) is 0 Å². The zero-order valence-corrected chi connectivity index (χ0v) is 15.8. The first-order valence-corrected chi connectivity index (χ1v) is 9.96. The normalized spacial score (nSPS) is 15.3. The number of ketones is 1. The third-order valence-electron chi connectivity index (χ3n) is 4.13. The van der Waals surface area contributed by atoms with E-state index in [0.29, 0.717) is 12.0 Å². The molecule has 0 saturated heterocycles. The summed E-state index contributed by atoms with van der Waals surface area (Å²) in [6, 6.07) is 14.5. The van der Waals surface area contributed by atoms with Crippen LogP contribution < -0.4 is 0 Å². The minimum atomic E-state index is -3.91. The molecule has 1 heterocycles. The summed E-state index contributed by atoms with van der Waals surface area (Å²) in [5.74, 6) is -1.18. The van der Waals surface area contributed by atoms with Gasteiger partial charge in [0.25, 0.3) is 10.0 Å². The monoisotopic (exact) mass is 385 g/mol. The molecule has 0 bridgehead atoms. The van der Waals surface area contributed by atoms with Crippen LogP contribution in [-0.4, -0.2) is 31.0 Å². The molecule has 0 saturated carbocycles. The second-order valence-electron chi connectivity index (χ2n) is 6.06. The van der Waals surface area contributed by atoms with Crippen molar-refractivity contribution < 1.29 is 22.7 Å². The number of allylic oxidation sites excluding steroid dienone is 1. The van der Waals surface area contributed by atoms with Gasteiger partial charge in [0.05, 0.1) is 10.5 Å². The van der Waals surface area contributed by atoms with E-state index in [1.54, 1.807) is 42.5 Å². The van der Waals surface area contributed by atoms with E-state index in [1.807, 2.05) is 6.92 Å². The summed E-state index contributed by atoms with van der Waals surface area (Å²) in [6.07, 6.45) is 0.498. The Bertz CT molecular complexity index is 1030. The van der Waals surface area contributed by atoms with Gasteiger partial charge in [0, 0.05) is 19.0 Å². The number of nitrogens with zero attached hydrogens (tertiary/aromatic N) is 1. The highest BCUT2D eigenvalue weighted by Gasteiger charge is 2.39. The number of hydrogen-bond donors (Lipinski definition) is 0. The van der Waals surface area contributed by atoms with Crippen molar-refractivity contribution in [3.63, 3.8) is 0 Å². The molecule has 3 rings (SSSR count). The minimum Gasteiger partial charge on any atom is -0.420 e. The van der Waals surface area contributed by atoms with Crippen molar-refractivity contribution in [2.45, 2.75) is 25.2 Å². The molecule has 7 heteroatoms. The Labute approximate surface area is 158 Å². The summed E-state index contributed by atoms with van der Waals surface area (Å²) in [5.41, 5.74) is 0.389. The molecule has 1 aliphatic rings. The number of sulfonamides is 1. The van der Waals surface area contributed by atoms with Gasteiger partial charge in [-0.15, -0.1) is 0 Å². The predicted molar refractivity (Wildman–Crippen MR) is 100 cm³/mol. The Morgan fingerprint density at radius 1 is 1.00 bits per heavy atom. The first-order valence-electron chi connectivity index (χ1n) is 8.52. The first kappa shape index (κ1) is 18.8. The molecule has 140 valence electrons. The number of fused-ring (bicyclic) bond motifs is 1. The van der Waals surface area contributed by atoms with Gasteiger partial charge in [-0.05, 0) is 30.7 Å². The molecule has 0 unspecified atom stereocenters. The molecule has 0 aliphatic carbocycles. The van der Waals surface area contributed by atoms with Crippen LogP contribution in [0, 0.1) is 0 Å². The van der Waals surface area contributed by atoms with Gasteiger partial charge in [-0.1, -0.05) is 37.3 Å². The highest BCUT2D eigenvalue weighted by Crippen LogP contribution is 2.38. The average molecular weight is 385 g/mol. The molecule has 0 N–H and O–H groups in total. The topological polar surface area (TPSA) is 80.8 Å². The molecule has 2 aromatic carbocycles. The van der Waals surface area contributed by atoms with Crippen LogP contribution in [0.25, 0.3) is 5.76 Å². The van der Waals surface area contributed by atoms with E-state index < -0.39 is 21.8 Å². The molecule has 27 heavy (non-hydrogen) atoms. The van der Waals surface area contributed by atoms with Crippen LogP contribution in [0.5, 0.6) is 0 Å². The zero-order valence-electron chi connectivity index (χ0n) is 15.0. The Kier molecular flexibility index (Phi) is 5.14. The SMILES string of the molecule is CCCN1C(C(C)=O)=C(OC(=O)c2ccccc2)c2ccccc2S1(=O)=O.